The molecule has 0 aromatic carbocycles. The van der Waals surface area contributed by atoms with Gasteiger partial charge in [0.1, 0.15) is 0 Å². The zero-order valence-electron chi connectivity index (χ0n) is 11.9. The zero-order chi connectivity index (χ0) is 12.8. The summed E-state index contributed by atoms with van der Waals surface area (Å²) in [5.74, 6) is 2.79. The molecule has 3 atom stereocenters. The van der Waals surface area contributed by atoms with E-state index in [0.717, 1.165) is 30.8 Å². The van der Waals surface area contributed by atoms with Crippen molar-refractivity contribution in [1.82, 2.24) is 4.90 Å². The van der Waals surface area contributed by atoms with Crippen molar-refractivity contribution < 1.29 is 0 Å². The minimum Gasteiger partial charge on any atom is -0.370 e. The number of nitrogens with zero attached hydrogens (tertiary/aromatic N) is 2. The van der Waals surface area contributed by atoms with E-state index in [0.29, 0.717) is 6.04 Å². The first-order valence-corrected chi connectivity index (χ1v) is 7.75. The Balaban J connectivity index is 1.79. The van der Waals surface area contributed by atoms with Crippen LogP contribution in [0.4, 0.5) is 0 Å². The predicted octanol–water partition coefficient (Wildman–Crippen LogP) is 2.75. The van der Waals surface area contributed by atoms with Crippen LogP contribution in [0.15, 0.2) is 4.99 Å². The molecule has 3 aliphatic rings. The van der Waals surface area contributed by atoms with Gasteiger partial charge in [-0.2, -0.15) is 0 Å². The Labute approximate surface area is 111 Å². The summed E-state index contributed by atoms with van der Waals surface area (Å²) in [5, 5.41) is 0. The van der Waals surface area contributed by atoms with Crippen LogP contribution in [-0.2, 0) is 0 Å². The van der Waals surface area contributed by atoms with Crippen LogP contribution < -0.4 is 5.73 Å². The van der Waals surface area contributed by atoms with Crippen molar-refractivity contribution in [2.45, 2.75) is 70.4 Å². The van der Waals surface area contributed by atoms with Gasteiger partial charge in [-0.3, -0.25) is 4.99 Å². The highest BCUT2D eigenvalue weighted by Gasteiger charge is 2.49. The van der Waals surface area contributed by atoms with E-state index in [9.17, 15) is 0 Å². The van der Waals surface area contributed by atoms with E-state index in [1.54, 1.807) is 0 Å². The molecule has 0 radical (unpaired) electrons. The molecular formula is C15H27N3. The molecule has 1 aliphatic heterocycles. The summed E-state index contributed by atoms with van der Waals surface area (Å²) in [4.78, 5) is 7.07. The van der Waals surface area contributed by atoms with Crippen LogP contribution in [-0.4, -0.2) is 29.0 Å². The number of guanidine groups is 1. The second kappa shape index (κ2) is 4.43. The highest BCUT2D eigenvalue weighted by Crippen LogP contribution is 2.49. The molecule has 0 aromatic rings. The Morgan fingerprint density at radius 1 is 1.39 bits per heavy atom. The van der Waals surface area contributed by atoms with Crippen LogP contribution in [0.2, 0.25) is 0 Å². The van der Waals surface area contributed by atoms with Gasteiger partial charge in [0.05, 0.1) is 12.1 Å². The summed E-state index contributed by atoms with van der Waals surface area (Å²) < 4.78 is 0. The SMILES string of the molecule is CCC(C)N1C(N)=NCC12CCCC(C1CC1)C2. The molecule has 2 fully saturated rings. The van der Waals surface area contributed by atoms with Crippen LogP contribution in [0.5, 0.6) is 0 Å². The lowest BCUT2D eigenvalue weighted by atomic mass is 9.73. The smallest absolute Gasteiger partial charge is 0.192 e. The molecule has 0 saturated heterocycles. The number of hydrogen-bond donors (Lipinski definition) is 1. The fourth-order valence-electron chi connectivity index (χ4n) is 4.22. The zero-order valence-corrected chi connectivity index (χ0v) is 11.9. The molecule has 1 heterocycles. The van der Waals surface area contributed by atoms with E-state index in [1.807, 2.05) is 0 Å². The second-order valence-corrected chi connectivity index (χ2v) is 6.72. The topological polar surface area (TPSA) is 41.6 Å². The maximum absolute atomic E-state index is 6.17. The van der Waals surface area contributed by atoms with E-state index >= 15 is 0 Å². The third kappa shape index (κ3) is 1.92. The van der Waals surface area contributed by atoms with Gasteiger partial charge in [-0.05, 0) is 50.9 Å². The molecule has 3 nitrogen and oxygen atoms in total. The molecule has 18 heavy (non-hydrogen) atoms. The lowest BCUT2D eigenvalue weighted by molar-refractivity contribution is 0.0735. The molecule has 2 aliphatic carbocycles. The summed E-state index contributed by atoms with van der Waals surface area (Å²) in [6.07, 6.45) is 9.56. The Morgan fingerprint density at radius 2 is 2.17 bits per heavy atom. The third-order valence-electron chi connectivity index (χ3n) is 5.47. The minimum absolute atomic E-state index is 0.283. The number of hydrogen-bond acceptors (Lipinski definition) is 3. The van der Waals surface area contributed by atoms with Gasteiger partial charge in [0.2, 0.25) is 0 Å². The number of rotatable bonds is 3. The fraction of sp³-hybridized carbons (Fsp3) is 0.933. The summed E-state index contributed by atoms with van der Waals surface area (Å²) in [6.45, 7) is 5.51. The molecule has 2 saturated carbocycles. The summed E-state index contributed by atoms with van der Waals surface area (Å²) in [5.41, 5.74) is 6.46. The van der Waals surface area contributed by atoms with Crippen LogP contribution in [0.25, 0.3) is 0 Å². The first-order chi connectivity index (χ1) is 8.66. The van der Waals surface area contributed by atoms with Gasteiger partial charge in [-0.15, -0.1) is 0 Å². The normalized spacial score (nSPS) is 38.0. The van der Waals surface area contributed by atoms with Gasteiger partial charge in [-0.25, -0.2) is 0 Å². The lowest BCUT2D eigenvalue weighted by Gasteiger charge is -2.47. The number of aliphatic imine (C=N–C) groups is 1. The average Bonchev–Trinajstić information content (AvgIpc) is 3.17. The monoisotopic (exact) mass is 249 g/mol. The maximum Gasteiger partial charge on any atom is 0.192 e. The number of nitrogens with two attached hydrogens (primary N) is 1. The first kappa shape index (κ1) is 12.3. The van der Waals surface area contributed by atoms with E-state index in [-0.39, 0.29) is 5.54 Å². The molecule has 0 amide bonds. The van der Waals surface area contributed by atoms with Crippen molar-refractivity contribution in [3.05, 3.63) is 0 Å². The van der Waals surface area contributed by atoms with Gasteiger partial charge >= 0.3 is 0 Å². The lowest BCUT2D eigenvalue weighted by Crippen LogP contribution is -2.57. The van der Waals surface area contributed by atoms with Gasteiger partial charge in [-0.1, -0.05) is 19.8 Å². The molecule has 3 rings (SSSR count). The largest absolute Gasteiger partial charge is 0.370 e. The molecule has 0 aromatic heterocycles. The van der Waals surface area contributed by atoms with E-state index in [1.165, 1.54) is 38.5 Å². The standard InChI is InChI=1S/C15H27N3/c1-3-11(2)18-14(16)17-10-15(18)8-4-5-13(9-15)12-6-7-12/h11-13H,3-10H2,1-2H3,(H2,16,17). The van der Waals surface area contributed by atoms with Crippen molar-refractivity contribution in [2.75, 3.05) is 6.54 Å². The van der Waals surface area contributed by atoms with Gasteiger partial charge in [0, 0.05) is 6.04 Å². The Morgan fingerprint density at radius 3 is 2.83 bits per heavy atom. The highest BCUT2D eigenvalue weighted by molar-refractivity contribution is 5.81. The molecule has 102 valence electrons. The molecular weight excluding hydrogens is 222 g/mol. The van der Waals surface area contributed by atoms with E-state index in [2.05, 4.69) is 23.7 Å². The van der Waals surface area contributed by atoms with Gasteiger partial charge in [0.15, 0.2) is 5.96 Å². The summed E-state index contributed by atoms with van der Waals surface area (Å²) >= 11 is 0. The Hall–Kier alpha value is -0.730. The van der Waals surface area contributed by atoms with Gasteiger partial charge < -0.3 is 10.6 Å². The highest BCUT2D eigenvalue weighted by atomic mass is 15.4. The van der Waals surface area contributed by atoms with Crippen LogP contribution in [0.3, 0.4) is 0 Å². The molecule has 0 bridgehead atoms. The fourth-order valence-corrected chi connectivity index (χ4v) is 4.22. The Bertz CT molecular complexity index is 348. The van der Waals surface area contributed by atoms with Crippen molar-refractivity contribution >= 4 is 5.96 Å². The van der Waals surface area contributed by atoms with Crippen molar-refractivity contribution in [2.24, 2.45) is 22.6 Å². The van der Waals surface area contributed by atoms with Crippen molar-refractivity contribution in [1.29, 1.82) is 0 Å². The van der Waals surface area contributed by atoms with Crippen molar-refractivity contribution in [3.63, 3.8) is 0 Å². The van der Waals surface area contributed by atoms with Crippen LogP contribution >= 0.6 is 0 Å². The first-order valence-electron chi connectivity index (χ1n) is 7.75. The second-order valence-electron chi connectivity index (χ2n) is 6.72. The Kier molecular flexibility index (Phi) is 3.03. The summed E-state index contributed by atoms with van der Waals surface area (Å²) in [7, 11) is 0. The summed E-state index contributed by atoms with van der Waals surface area (Å²) in [6, 6.07) is 0.536. The van der Waals surface area contributed by atoms with Crippen LogP contribution in [0, 0.1) is 11.8 Å². The quantitative estimate of drug-likeness (QED) is 0.835. The predicted molar refractivity (Wildman–Crippen MR) is 75.5 cm³/mol. The average molecular weight is 249 g/mol. The van der Waals surface area contributed by atoms with Gasteiger partial charge in [0.25, 0.3) is 0 Å². The van der Waals surface area contributed by atoms with E-state index < -0.39 is 0 Å². The molecule has 1 spiro atoms. The molecule has 2 N–H and O–H groups in total. The maximum atomic E-state index is 6.17. The minimum atomic E-state index is 0.283. The van der Waals surface area contributed by atoms with E-state index in [4.69, 9.17) is 5.73 Å². The van der Waals surface area contributed by atoms with Crippen LogP contribution in [0.1, 0.15) is 58.8 Å². The third-order valence-corrected chi connectivity index (χ3v) is 5.47. The van der Waals surface area contributed by atoms with Crippen molar-refractivity contribution in [3.8, 4) is 0 Å². The molecule has 3 unspecified atom stereocenters. The molecule has 3 heteroatoms.